The Kier molecular flexibility index (Phi) is 1.83. The molecular weight excluding hydrogens is 158 g/mol. The van der Waals surface area contributed by atoms with Crippen molar-refractivity contribution in [3.05, 3.63) is 5.82 Å². The first kappa shape index (κ1) is 7.35. The Balaban J connectivity index is 2.08. The molecule has 0 aromatic carbocycles. The molecule has 0 atom stereocenters. The molecule has 0 radical (unpaired) electrons. The van der Waals surface area contributed by atoms with Crippen molar-refractivity contribution in [3.8, 4) is 0 Å². The topological polar surface area (TPSA) is 76.2 Å². The Morgan fingerprint density at radius 1 is 1.50 bits per heavy atom. The number of aliphatic hydroxyl groups excluding tert-OH is 1. The lowest BCUT2D eigenvalue weighted by atomic mass is 10.4. The molecular formula is C6H9N5O. The van der Waals surface area contributed by atoms with E-state index in [-0.39, 0.29) is 6.61 Å². The summed E-state index contributed by atoms with van der Waals surface area (Å²) in [5.74, 6) is 0.739. The average molecular weight is 167 g/mol. The van der Waals surface area contributed by atoms with E-state index in [1.807, 2.05) is 0 Å². The van der Waals surface area contributed by atoms with E-state index in [9.17, 15) is 0 Å². The maximum absolute atomic E-state index is 8.60. The fourth-order valence-corrected chi connectivity index (χ4v) is 0.963. The molecule has 0 bridgehead atoms. The van der Waals surface area contributed by atoms with Crippen molar-refractivity contribution >= 4 is 5.71 Å². The molecule has 0 fully saturated rings. The van der Waals surface area contributed by atoms with E-state index in [1.54, 1.807) is 4.68 Å². The summed E-state index contributed by atoms with van der Waals surface area (Å²) in [6.07, 6.45) is 0.672. The second-order valence-corrected chi connectivity index (χ2v) is 2.57. The molecule has 0 saturated carbocycles. The van der Waals surface area contributed by atoms with Crippen LogP contribution in [0.3, 0.4) is 0 Å². The minimum absolute atomic E-state index is 0.159. The maximum atomic E-state index is 8.60. The number of nitrogens with zero attached hydrogens (tertiary/aromatic N) is 5. The predicted molar refractivity (Wildman–Crippen MR) is 40.9 cm³/mol. The van der Waals surface area contributed by atoms with Crippen molar-refractivity contribution in [1.82, 2.24) is 20.2 Å². The van der Waals surface area contributed by atoms with Gasteiger partial charge < -0.3 is 5.11 Å². The van der Waals surface area contributed by atoms with Crippen LogP contribution in [0.5, 0.6) is 0 Å². The van der Waals surface area contributed by atoms with E-state index in [4.69, 9.17) is 5.11 Å². The van der Waals surface area contributed by atoms with Crippen molar-refractivity contribution in [2.24, 2.45) is 4.99 Å². The molecule has 1 aromatic rings. The number of hydrogen-bond acceptors (Lipinski definition) is 5. The van der Waals surface area contributed by atoms with E-state index >= 15 is 0 Å². The van der Waals surface area contributed by atoms with Crippen LogP contribution in [0.1, 0.15) is 12.2 Å². The Hall–Kier alpha value is -1.30. The fourth-order valence-electron chi connectivity index (χ4n) is 0.963. The highest BCUT2D eigenvalue weighted by atomic mass is 16.3. The minimum Gasteiger partial charge on any atom is -0.396 e. The van der Waals surface area contributed by atoms with Crippen LogP contribution in [-0.2, 0) is 6.54 Å². The van der Waals surface area contributed by atoms with E-state index in [0.717, 1.165) is 18.1 Å². The number of aliphatic imine (C=N–C) groups is 1. The van der Waals surface area contributed by atoms with Gasteiger partial charge in [0.2, 0.25) is 0 Å². The third-order valence-electron chi connectivity index (χ3n) is 1.63. The number of tetrazole rings is 1. The summed E-state index contributed by atoms with van der Waals surface area (Å²) in [4.78, 5) is 4.00. The van der Waals surface area contributed by atoms with Crippen molar-refractivity contribution in [2.45, 2.75) is 13.0 Å². The van der Waals surface area contributed by atoms with E-state index in [2.05, 4.69) is 20.5 Å². The molecule has 1 aliphatic heterocycles. The van der Waals surface area contributed by atoms with Gasteiger partial charge in [-0.3, -0.25) is 4.99 Å². The fraction of sp³-hybridized carbons (Fsp3) is 0.667. The highest BCUT2D eigenvalue weighted by Crippen LogP contribution is 2.06. The Labute approximate surface area is 68.9 Å². The Morgan fingerprint density at radius 3 is 3.00 bits per heavy atom. The van der Waals surface area contributed by atoms with Gasteiger partial charge in [-0.1, -0.05) is 0 Å². The van der Waals surface area contributed by atoms with Crippen molar-refractivity contribution in [3.63, 3.8) is 0 Å². The maximum Gasteiger partial charge on any atom is 0.197 e. The number of aryl methyl sites for hydroxylation is 1. The van der Waals surface area contributed by atoms with Gasteiger partial charge in [0.05, 0.1) is 6.54 Å². The molecule has 1 N–H and O–H groups in total. The average Bonchev–Trinajstić information content (AvgIpc) is 2.83. The summed E-state index contributed by atoms with van der Waals surface area (Å²) in [5.41, 5.74) is 0.956. The van der Waals surface area contributed by atoms with Crippen LogP contribution in [0.2, 0.25) is 0 Å². The summed E-state index contributed by atoms with van der Waals surface area (Å²) in [7, 11) is 0. The summed E-state index contributed by atoms with van der Waals surface area (Å²) < 4.78 is 1.67. The smallest absolute Gasteiger partial charge is 0.197 e. The first-order valence-electron chi connectivity index (χ1n) is 3.82. The van der Waals surface area contributed by atoms with Crippen LogP contribution in [0.25, 0.3) is 0 Å². The third kappa shape index (κ3) is 1.33. The molecule has 1 aliphatic rings. The summed E-state index contributed by atoms with van der Waals surface area (Å²) in [6.45, 7) is 1.56. The predicted octanol–water partition coefficient (Wildman–Crippen LogP) is -1.14. The first-order chi connectivity index (χ1) is 5.92. The van der Waals surface area contributed by atoms with Gasteiger partial charge in [-0.05, 0) is 16.8 Å². The zero-order valence-corrected chi connectivity index (χ0v) is 6.51. The zero-order valence-electron chi connectivity index (χ0n) is 6.51. The van der Waals surface area contributed by atoms with E-state index in [0.29, 0.717) is 13.0 Å². The first-order valence-corrected chi connectivity index (χ1v) is 3.82. The largest absolute Gasteiger partial charge is 0.396 e. The quantitative estimate of drug-likeness (QED) is 0.614. The second-order valence-electron chi connectivity index (χ2n) is 2.57. The number of rotatable bonds is 4. The van der Waals surface area contributed by atoms with E-state index < -0.39 is 0 Å². The molecule has 0 saturated heterocycles. The van der Waals surface area contributed by atoms with Crippen LogP contribution in [0.15, 0.2) is 4.99 Å². The lowest BCUT2D eigenvalue weighted by Gasteiger charge is -1.97. The highest BCUT2D eigenvalue weighted by molar-refractivity contribution is 6.07. The standard InChI is InChI=1S/C6H9N5O/c12-3-1-2-11-6(5-4-7-5)8-9-10-11/h12H,1-4H2. The zero-order chi connectivity index (χ0) is 8.39. The Morgan fingerprint density at radius 2 is 2.33 bits per heavy atom. The van der Waals surface area contributed by atoms with Crippen LogP contribution < -0.4 is 0 Å². The number of hydrogen-bond donors (Lipinski definition) is 1. The van der Waals surface area contributed by atoms with Gasteiger partial charge in [-0.25, -0.2) is 4.68 Å². The lowest BCUT2D eigenvalue weighted by molar-refractivity contribution is 0.276. The van der Waals surface area contributed by atoms with Crippen LogP contribution in [0.4, 0.5) is 0 Å². The van der Waals surface area contributed by atoms with Crippen molar-refractivity contribution in [2.75, 3.05) is 13.2 Å². The van der Waals surface area contributed by atoms with Gasteiger partial charge >= 0.3 is 0 Å². The van der Waals surface area contributed by atoms with Gasteiger partial charge in [-0.2, -0.15) is 0 Å². The van der Waals surface area contributed by atoms with Crippen LogP contribution in [0, 0.1) is 0 Å². The van der Waals surface area contributed by atoms with Gasteiger partial charge in [0.25, 0.3) is 0 Å². The molecule has 6 nitrogen and oxygen atoms in total. The summed E-state index contributed by atoms with van der Waals surface area (Å²) >= 11 is 0. The molecule has 64 valence electrons. The summed E-state index contributed by atoms with van der Waals surface area (Å²) in [6, 6.07) is 0. The molecule has 2 heterocycles. The Bertz CT molecular complexity index is 305. The number of aromatic nitrogens is 4. The van der Waals surface area contributed by atoms with Gasteiger partial charge in [-0.15, -0.1) is 5.10 Å². The molecule has 0 spiro atoms. The highest BCUT2D eigenvalue weighted by Gasteiger charge is 2.19. The molecule has 12 heavy (non-hydrogen) atoms. The van der Waals surface area contributed by atoms with Gasteiger partial charge in [0, 0.05) is 13.2 Å². The van der Waals surface area contributed by atoms with Crippen LogP contribution in [-0.4, -0.2) is 44.2 Å². The summed E-state index contributed by atoms with van der Waals surface area (Å²) in [5, 5.41) is 19.7. The molecule has 1 aromatic heterocycles. The van der Waals surface area contributed by atoms with Crippen molar-refractivity contribution in [1.29, 1.82) is 0 Å². The number of aliphatic hydroxyl groups is 1. The normalized spacial score (nSPS) is 14.6. The molecule has 0 unspecified atom stereocenters. The monoisotopic (exact) mass is 167 g/mol. The van der Waals surface area contributed by atoms with Gasteiger partial charge in [0.1, 0.15) is 5.71 Å². The minimum atomic E-state index is 0.159. The third-order valence-corrected chi connectivity index (χ3v) is 1.63. The van der Waals surface area contributed by atoms with Gasteiger partial charge in [0.15, 0.2) is 5.82 Å². The molecule has 0 amide bonds. The molecule has 0 aliphatic carbocycles. The second kappa shape index (κ2) is 2.98. The van der Waals surface area contributed by atoms with E-state index in [1.165, 1.54) is 0 Å². The van der Waals surface area contributed by atoms with Crippen molar-refractivity contribution < 1.29 is 5.11 Å². The lowest BCUT2D eigenvalue weighted by Crippen LogP contribution is -2.08. The molecule has 2 rings (SSSR count). The molecule has 6 heteroatoms. The SMILES string of the molecule is OCCCn1nnnc1C1=NC1. The van der Waals surface area contributed by atoms with Crippen LogP contribution >= 0.6 is 0 Å².